The van der Waals surface area contributed by atoms with Crippen LogP contribution in [0.25, 0.3) is 11.1 Å². The van der Waals surface area contributed by atoms with Crippen molar-refractivity contribution in [2.45, 2.75) is 11.1 Å². The monoisotopic (exact) mass is 220 g/mol. The minimum absolute atomic E-state index is 1.31. The summed E-state index contributed by atoms with van der Waals surface area (Å²) in [7, 11) is 0. The van der Waals surface area contributed by atoms with Gasteiger partial charge >= 0.3 is 0 Å². The molecule has 0 saturated carbocycles. The van der Waals surface area contributed by atoms with Crippen LogP contribution in [0.3, 0.4) is 0 Å². The van der Waals surface area contributed by atoms with E-state index in [9.17, 15) is 0 Å². The number of benzene rings is 1. The second kappa shape index (κ2) is 4.20. The maximum Gasteiger partial charge on any atom is 0.0602 e. The quantitative estimate of drug-likeness (QED) is 0.674. The Labute approximate surface area is 93.0 Å². The number of aryl methyl sites for hydroxylation is 1. The molecule has 2 aromatic rings. The SMILES string of the molecule is CSc1cc(-c2ccc(C)cc2)cs1. The van der Waals surface area contributed by atoms with Gasteiger partial charge in [-0.2, -0.15) is 0 Å². The highest BCUT2D eigenvalue weighted by Gasteiger charge is 2.00. The van der Waals surface area contributed by atoms with Gasteiger partial charge in [-0.15, -0.1) is 23.1 Å². The summed E-state index contributed by atoms with van der Waals surface area (Å²) in [6, 6.07) is 10.9. The molecule has 0 aliphatic rings. The fourth-order valence-corrected chi connectivity index (χ4v) is 2.74. The average Bonchev–Trinajstić information content (AvgIpc) is 2.67. The third kappa shape index (κ3) is 2.02. The van der Waals surface area contributed by atoms with Gasteiger partial charge in [-0.3, -0.25) is 0 Å². The lowest BCUT2D eigenvalue weighted by Crippen LogP contribution is -1.74. The topological polar surface area (TPSA) is 0 Å². The van der Waals surface area contributed by atoms with E-state index >= 15 is 0 Å². The van der Waals surface area contributed by atoms with Gasteiger partial charge in [0.25, 0.3) is 0 Å². The average molecular weight is 220 g/mol. The van der Waals surface area contributed by atoms with E-state index in [1.807, 2.05) is 11.3 Å². The summed E-state index contributed by atoms with van der Waals surface area (Å²) in [6.45, 7) is 2.12. The van der Waals surface area contributed by atoms with Crippen molar-refractivity contribution in [2.75, 3.05) is 6.26 Å². The summed E-state index contributed by atoms with van der Waals surface area (Å²) in [6.07, 6.45) is 2.12. The first-order chi connectivity index (χ1) is 6.79. The Morgan fingerprint density at radius 2 is 1.79 bits per heavy atom. The fraction of sp³-hybridized carbons (Fsp3) is 0.167. The smallest absolute Gasteiger partial charge is 0.0602 e. The van der Waals surface area contributed by atoms with Crippen LogP contribution in [-0.2, 0) is 0 Å². The highest BCUT2D eigenvalue weighted by atomic mass is 32.2. The van der Waals surface area contributed by atoms with Crippen molar-refractivity contribution in [3.05, 3.63) is 41.3 Å². The van der Waals surface area contributed by atoms with Gasteiger partial charge in [0.15, 0.2) is 0 Å². The summed E-state index contributed by atoms with van der Waals surface area (Å²) in [5.74, 6) is 0. The molecule has 0 radical (unpaired) electrons. The molecule has 0 atom stereocenters. The second-order valence-electron chi connectivity index (χ2n) is 3.22. The molecule has 0 amide bonds. The van der Waals surface area contributed by atoms with Crippen LogP contribution in [0, 0.1) is 6.92 Å². The lowest BCUT2D eigenvalue weighted by atomic mass is 10.1. The molecule has 0 N–H and O–H groups in total. The van der Waals surface area contributed by atoms with Crippen LogP contribution in [0.15, 0.2) is 39.9 Å². The van der Waals surface area contributed by atoms with Gasteiger partial charge in [0, 0.05) is 0 Å². The van der Waals surface area contributed by atoms with Gasteiger partial charge in [0.05, 0.1) is 4.21 Å². The summed E-state index contributed by atoms with van der Waals surface area (Å²) in [5.41, 5.74) is 3.96. The van der Waals surface area contributed by atoms with E-state index in [0.717, 1.165) is 0 Å². The molecule has 1 aromatic carbocycles. The van der Waals surface area contributed by atoms with Gasteiger partial charge in [-0.1, -0.05) is 29.8 Å². The summed E-state index contributed by atoms with van der Waals surface area (Å²) < 4.78 is 1.38. The highest BCUT2D eigenvalue weighted by Crippen LogP contribution is 2.30. The lowest BCUT2D eigenvalue weighted by molar-refractivity contribution is 1.47. The van der Waals surface area contributed by atoms with Crippen LogP contribution in [0.1, 0.15) is 5.56 Å². The molecule has 72 valence electrons. The van der Waals surface area contributed by atoms with E-state index in [4.69, 9.17) is 0 Å². The van der Waals surface area contributed by atoms with Crippen LogP contribution >= 0.6 is 23.1 Å². The van der Waals surface area contributed by atoms with Crippen molar-refractivity contribution in [3.63, 3.8) is 0 Å². The predicted octanol–water partition coefficient (Wildman–Crippen LogP) is 4.45. The number of hydrogen-bond acceptors (Lipinski definition) is 2. The molecule has 0 fully saturated rings. The maximum atomic E-state index is 2.25. The van der Waals surface area contributed by atoms with E-state index < -0.39 is 0 Å². The molecular formula is C12H12S2. The first kappa shape index (κ1) is 9.81. The molecule has 14 heavy (non-hydrogen) atoms. The minimum Gasteiger partial charge on any atom is -0.137 e. The van der Waals surface area contributed by atoms with Gasteiger partial charge in [-0.05, 0) is 35.8 Å². The molecule has 0 aliphatic heterocycles. The molecule has 1 heterocycles. The Bertz CT molecular complexity index is 412. The predicted molar refractivity (Wildman–Crippen MR) is 66.3 cm³/mol. The standard InChI is InChI=1S/C12H12S2/c1-9-3-5-10(6-4-9)11-7-12(13-2)14-8-11/h3-8H,1-2H3. The largest absolute Gasteiger partial charge is 0.137 e. The van der Waals surface area contributed by atoms with Gasteiger partial charge in [0.1, 0.15) is 0 Å². The van der Waals surface area contributed by atoms with Crippen molar-refractivity contribution >= 4 is 23.1 Å². The second-order valence-corrected chi connectivity index (χ2v) is 5.24. The fourth-order valence-electron chi connectivity index (χ4n) is 1.32. The number of hydrogen-bond donors (Lipinski definition) is 0. The summed E-state index contributed by atoms with van der Waals surface area (Å²) >= 11 is 3.62. The van der Waals surface area contributed by atoms with Gasteiger partial charge in [-0.25, -0.2) is 0 Å². The molecule has 0 spiro atoms. The van der Waals surface area contributed by atoms with Crippen LogP contribution in [0.5, 0.6) is 0 Å². The molecule has 0 nitrogen and oxygen atoms in total. The molecule has 1 aromatic heterocycles. The number of thiophene rings is 1. The van der Waals surface area contributed by atoms with Crippen molar-refractivity contribution in [1.29, 1.82) is 0 Å². The van der Waals surface area contributed by atoms with E-state index in [2.05, 4.69) is 48.9 Å². The van der Waals surface area contributed by atoms with Gasteiger partial charge in [0.2, 0.25) is 0 Å². The molecule has 0 saturated heterocycles. The Balaban J connectivity index is 2.34. The van der Waals surface area contributed by atoms with E-state index in [0.29, 0.717) is 0 Å². The van der Waals surface area contributed by atoms with Gasteiger partial charge < -0.3 is 0 Å². The lowest BCUT2D eigenvalue weighted by Gasteiger charge is -1.97. The van der Waals surface area contributed by atoms with Crippen molar-refractivity contribution < 1.29 is 0 Å². The summed E-state index contributed by atoms with van der Waals surface area (Å²) in [5, 5.41) is 2.22. The Morgan fingerprint density at radius 3 is 2.36 bits per heavy atom. The first-order valence-corrected chi connectivity index (χ1v) is 6.59. The Hall–Kier alpha value is -0.730. The van der Waals surface area contributed by atoms with Crippen LogP contribution in [0.4, 0.5) is 0 Å². The Kier molecular flexibility index (Phi) is 2.94. The van der Waals surface area contributed by atoms with Crippen molar-refractivity contribution in [3.8, 4) is 11.1 Å². The van der Waals surface area contributed by atoms with Crippen molar-refractivity contribution in [1.82, 2.24) is 0 Å². The maximum absolute atomic E-state index is 2.25. The molecule has 2 heteroatoms. The zero-order chi connectivity index (χ0) is 9.97. The number of rotatable bonds is 2. The Morgan fingerprint density at radius 1 is 1.07 bits per heavy atom. The van der Waals surface area contributed by atoms with Crippen LogP contribution in [0.2, 0.25) is 0 Å². The van der Waals surface area contributed by atoms with E-state index in [1.54, 1.807) is 11.8 Å². The molecule has 0 aliphatic carbocycles. The molecular weight excluding hydrogens is 208 g/mol. The zero-order valence-electron chi connectivity index (χ0n) is 8.28. The normalized spacial score (nSPS) is 10.4. The van der Waals surface area contributed by atoms with Crippen LogP contribution in [-0.4, -0.2) is 6.26 Å². The third-order valence-corrected chi connectivity index (χ3v) is 4.19. The van der Waals surface area contributed by atoms with Crippen LogP contribution < -0.4 is 0 Å². The first-order valence-electron chi connectivity index (χ1n) is 4.49. The van der Waals surface area contributed by atoms with E-state index in [1.165, 1.54) is 20.9 Å². The third-order valence-electron chi connectivity index (χ3n) is 2.16. The molecule has 2 rings (SSSR count). The van der Waals surface area contributed by atoms with Crippen molar-refractivity contribution in [2.24, 2.45) is 0 Å². The summed E-state index contributed by atoms with van der Waals surface area (Å²) in [4.78, 5) is 0. The number of thioether (sulfide) groups is 1. The minimum atomic E-state index is 1.31. The molecule has 0 unspecified atom stereocenters. The highest BCUT2D eigenvalue weighted by molar-refractivity contribution is 8.00. The van der Waals surface area contributed by atoms with E-state index in [-0.39, 0.29) is 0 Å². The molecule has 0 bridgehead atoms. The zero-order valence-corrected chi connectivity index (χ0v) is 9.91.